The number of nitrogens with zero attached hydrogens (tertiary/aromatic N) is 2. The number of carbonyl (C=O) groups is 1. The van der Waals surface area contributed by atoms with Crippen LogP contribution in [0.25, 0.3) is 0 Å². The predicted octanol–water partition coefficient (Wildman–Crippen LogP) is 3.80. The smallest absolute Gasteiger partial charge is 0.242 e. The zero-order valence-electron chi connectivity index (χ0n) is 15.0. The lowest BCUT2D eigenvalue weighted by atomic mass is 9.97. The van der Waals surface area contributed by atoms with Crippen LogP contribution in [0.2, 0.25) is 5.02 Å². The fraction of sp³-hybridized carbons (Fsp3) is 0.263. The minimum absolute atomic E-state index is 0.122. The number of amides is 1. The molecule has 6 nitrogen and oxygen atoms in total. The topological polar surface area (TPSA) is 78.8 Å². The van der Waals surface area contributed by atoms with Gasteiger partial charge in [0.05, 0.1) is 23.7 Å². The van der Waals surface area contributed by atoms with Gasteiger partial charge in [0, 0.05) is 23.4 Å². The molecule has 1 heterocycles. The highest BCUT2D eigenvalue weighted by Gasteiger charge is 2.34. The first-order valence-corrected chi connectivity index (χ1v) is 10.8. The Morgan fingerprint density at radius 3 is 2.56 bits per heavy atom. The third kappa shape index (κ3) is 4.31. The summed E-state index contributed by atoms with van der Waals surface area (Å²) in [7, 11) is -3.44. The SMILES string of the molecule is CCC(=O)N1N=C(c2ccccc2NS(C)(=O)=O)C[C@H]1c1ccccc1Cl. The van der Waals surface area contributed by atoms with Crippen molar-refractivity contribution in [3.63, 3.8) is 0 Å². The molecule has 0 saturated carbocycles. The second-order valence-electron chi connectivity index (χ2n) is 6.30. The average molecular weight is 406 g/mol. The Bertz CT molecular complexity index is 1000. The highest BCUT2D eigenvalue weighted by molar-refractivity contribution is 7.92. The molecule has 1 N–H and O–H groups in total. The van der Waals surface area contributed by atoms with Gasteiger partial charge in [0.15, 0.2) is 0 Å². The van der Waals surface area contributed by atoms with E-state index < -0.39 is 10.0 Å². The summed E-state index contributed by atoms with van der Waals surface area (Å²) in [4.78, 5) is 12.5. The summed E-state index contributed by atoms with van der Waals surface area (Å²) in [5.41, 5.74) is 2.52. The number of anilines is 1. The van der Waals surface area contributed by atoms with E-state index in [0.717, 1.165) is 11.8 Å². The number of para-hydroxylation sites is 1. The van der Waals surface area contributed by atoms with E-state index in [4.69, 9.17) is 11.6 Å². The van der Waals surface area contributed by atoms with Crippen LogP contribution in [0.3, 0.4) is 0 Å². The van der Waals surface area contributed by atoms with Crippen molar-refractivity contribution in [2.75, 3.05) is 11.0 Å². The van der Waals surface area contributed by atoms with Crippen molar-refractivity contribution in [3.8, 4) is 0 Å². The molecule has 0 aliphatic carbocycles. The highest BCUT2D eigenvalue weighted by atomic mass is 35.5. The molecule has 2 aromatic carbocycles. The van der Waals surface area contributed by atoms with Gasteiger partial charge in [0.25, 0.3) is 0 Å². The van der Waals surface area contributed by atoms with Gasteiger partial charge in [-0.15, -0.1) is 0 Å². The van der Waals surface area contributed by atoms with Crippen molar-refractivity contribution in [2.24, 2.45) is 5.10 Å². The molecule has 27 heavy (non-hydrogen) atoms. The van der Waals surface area contributed by atoms with E-state index in [1.807, 2.05) is 18.2 Å². The molecular weight excluding hydrogens is 386 g/mol. The molecule has 0 aromatic heterocycles. The van der Waals surface area contributed by atoms with Gasteiger partial charge in [-0.1, -0.05) is 54.9 Å². The Kier molecular flexibility index (Phi) is 5.53. The van der Waals surface area contributed by atoms with E-state index in [0.29, 0.717) is 34.8 Å². The number of rotatable bonds is 5. The Labute approximate surface area is 163 Å². The molecule has 0 unspecified atom stereocenters. The maximum Gasteiger partial charge on any atom is 0.242 e. The average Bonchev–Trinajstić information content (AvgIpc) is 3.05. The van der Waals surface area contributed by atoms with Crippen LogP contribution in [0, 0.1) is 0 Å². The van der Waals surface area contributed by atoms with E-state index in [1.54, 1.807) is 37.3 Å². The monoisotopic (exact) mass is 405 g/mol. The first kappa shape index (κ1) is 19.4. The molecule has 1 amide bonds. The van der Waals surface area contributed by atoms with Gasteiger partial charge in [-0.05, 0) is 17.7 Å². The first-order chi connectivity index (χ1) is 12.8. The van der Waals surface area contributed by atoms with Crippen LogP contribution in [-0.2, 0) is 14.8 Å². The Morgan fingerprint density at radius 1 is 1.22 bits per heavy atom. The van der Waals surface area contributed by atoms with Crippen molar-refractivity contribution in [1.29, 1.82) is 0 Å². The third-order valence-electron chi connectivity index (χ3n) is 4.27. The van der Waals surface area contributed by atoms with Crippen molar-refractivity contribution >= 4 is 38.9 Å². The number of benzene rings is 2. The molecule has 0 spiro atoms. The molecule has 0 fully saturated rings. The zero-order valence-corrected chi connectivity index (χ0v) is 16.6. The number of carbonyl (C=O) groups excluding carboxylic acids is 1. The predicted molar refractivity (Wildman–Crippen MR) is 107 cm³/mol. The summed E-state index contributed by atoms with van der Waals surface area (Å²) in [5.74, 6) is -0.122. The number of hydrogen-bond donors (Lipinski definition) is 1. The van der Waals surface area contributed by atoms with E-state index in [-0.39, 0.29) is 11.9 Å². The Balaban J connectivity index is 2.03. The summed E-state index contributed by atoms with van der Waals surface area (Å²) in [6.07, 6.45) is 1.85. The summed E-state index contributed by atoms with van der Waals surface area (Å²) < 4.78 is 25.9. The van der Waals surface area contributed by atoms with Crippen LogP contribution in [0.5, 0.6) is 0 Å². The van der Waals surface area contributed by atoms with Gasteiger partial charge in [-0.25, -0.2) is 13.4 Å². The summed E-state index contributed by atoms with van der Waals surface area (Å²) in [6.45, 7) is 1.78. The number of hydrogen-bond acceptors (Lipinski definition) is 4. The molecule has 1 atom stereocenters. The van der Waals surface area contributed by atoms with Crippen LogP contribution in [0.1, 0.15) is 36.9 Å². The molecule has 1 aliphatic heterocycles. The van der Waals surface area contributed by atoms with Gasteiger partial charge in [0.2, 0.25) is 15.9 Å². The largest absolute Gasteiger partial charge is 0.283 e. The molecule has 3 rings (SSSR count). The number of nitrogens with one attached hydrogen (secondary N) is 1. The second-order valence-corrected chi connectivity index (χ2v) is 8.46. The molecule has 1 aliphatic rings. The van der Waals surface area contributed by atoms with Crippen molar-refractivity contribution in [2.45, 2.75) is 25.8 Å². The molecular formula is C19H20ClN3O3S. The normalized spacial score (nSPS) is 16.9. The first-order valence-electron chi connectivity index (χ1n) is 8.51. The van der Waals surface area contributed by atoms with Crippen molar-refractivity contribution in [1.82, 2.24) is 5.01 Å². The highest BCUT2D eigenvalue weighted by Crippen LogP contribution is 2.37. The van der Waals surface area contributed by atoms with E-state index in [1.165, 1.54) is 5.01 Å². The minimum Gasteiger partial charge on any atom is -0.283 e. The minimum atomic E-state index is -3.44. The van der Waals surface area contributed by atoms with Crippen LogP contribution in [0.4, 0.5) is 5.69 Å². The molecule has 0 radical (unpaired) electrons. The standard InChI is InChI=1S/C19H20ClN3O3S/c1-3-19(24)23-18(13-8-4-6-10-15(13)20)12-17(21-23)14-9-5-7-11-16(14)22-27(2,25)26/h4-11,18,22H,3,12H2,1-2H3/t18-/m0/s1. The molecule has 142 valence electrons. The number of sulfonamides is 1. The molecule has 2 aromatic rings. The quantitative estimate of drug-likeness (QED) is 0.821. The van der Waals surface area contributed by atoms with Crippen LogP contribution in [0.15, 0.2) is 53.6 Å². The van der Waals surface area contributed by atoms with Gasteiger partial charge in [-0.2, -0.15) is 5.10 Å². The molecule has 0 saturated heterocycles. The van der Waals surface area contributed by atoms with Gasteiger partial charge in [0.1, 0.15) is 0 Å². The fourth-order valence-electron chi connectivity index (χ4n) is 3.08. The second kappa shape index (κ2) is 7.70. The summed E-state index contributed by atoms with van der Waals surface area (Å²) in [5, 5.41) is 6.54. The lowest BCUT2D eigenvalue weighted by molar-refractivity contribution is -0.132. The zero-order chi connectivity index (χ0) is 19.6. The lowest BCUT2D eigenvalue weighted by Crippen LogP contribution is -2.26. The third-order valence-corrected chi connectivity index (χ3v) is 5.20. The van der Waals surface area contributed by atoms with Crippen LogP contribution in [-0.4, -0.2) is 31.3 Å². The lowest BCUT2D eigenvalue weighted by Gasteiger charge is -2.22. The van der Waals surface area contributed by atoms with Crippen LogP contribution < -0.4 is 4.72 Å². The van der Waals surface area contributed by atoms with Gasteiger partial charge >= 0.3 is 0 Å². The number of hydrazone groups is 1. The number of halogens is 1. The van der Waals surface area contributed by atoms with Gasteiger partial charge in [-0.3, -0.25) is 9.52 Å². The van der Waals surface area contributed by atoms with Crippen molar-refractivity contribution in [3.05, 3.63) is 64.7 Å². The van der Waals surface area contributed by atoms with E-state index >= 15 is 0 Å². The molecule has 0 bridgehead atoms. The van der Waals surface area contributed by atoms with Crippen molar-refractivity contribution < 1.29 is 13.2 Å². The van der Waals surface area contributed by atoms with E-state index in [9.17, 15) is 13.2 Å². The maximum absolute atomic E-state index is 12.5. The maximum atomic E-state index is 12.5. The summed E-state index contributed by atoms with van der Waals surface area (Å²) >= 11 is 6.35. The Hall–Kier alpha value is -2.38. The summed E-state index contributed by atoms with van der Waals surface area (Å²) in [6, 6.07) is 14.0. The Morgan fingerprint density at radius 2 is 1.89 bits per heavy atom. The van der Waals surface area contributed by atoms with E-state index in [2.05, 4.69) is 9.82 Å². The fourth-order valence-corrected chi connectivity index (χ4v) is 3.92. The van der Waals surface area contributed by atoms with Crippen LogP contribution >= 0.6 is 11.6 Å². The molecule has 8 heteroatoms. The van der Waals surface area contributed by atoms with Gasteiger partial charge < -0.3 is 0 Å².